The van der Waals surface area contributed by atoms with Crippen LogP contribution >= 0.6 is 0 Å². The van der Waals surface area contributed by atoms with Crippen molar-refractivity contribution in [3.05, 3.63) is 0 Å². The number of ether oxygens (including phenoxy) is 1. The molecule has 0 aromatic carbocycles. The average Bonchev–Trinajstić information content (AvgIpc) is 2.44. The lowest BCUT2D eigenvalue weighted by molar-refractivity contribution is -0.138. The van der Waals surface area contributed by atoms with Gasteiger partial charge in [-0.25, -0.2) is 0 Å². The average molecular weight is 211 g/mol. The molecule has 0 amide bonds. The largest absolute Gasteiger partial charge is 0.389 e. The van der Waals surface area contributed by atoms with Crippen LogP contribution in [0, 0.1) is 0 Å². The highest BCUT2D eigenvalue weighted by Gasteiger charge is 2.27. The van der Waals surface area contributed by atoms with E-state index in [2.05, 4.69) is 0 Å². The molecule has 0 heterocycles. The maximum atomic E-state index is 11.8. The molecule has 2 unspecified atom stereocenters. The van der Waals surface area contributed by atoms with E-state index in [-0.39, 0.29) is 25.2 Å². The highest BCUT2D eigenvalue weighted by molar-refractivity contribution is 4.80. The van der Waals surface area contributed by atoms with E-state index in [1.54, 1.807) is 0 Å². The number of alkyl halides is 3. The van der Waals surface area contributed by atoms with Crippen molar-refractivity contribution >= 4 is 0 Å². The third-order valence-corrected chi connectivity index (χ3v) is 2.44. The van der Waals surface area contributed by atoms with Gasteiger partial charge in [-0.1, -0.05) is 0 Å². The first-order valence-electron chi connectivity index (χ1n) is 4.93. The summed E-state index contributed by atoms with van der Waals surface area (Å²) in [6.07, 6.45) is -2.01. The number of halogens is 3. The van der Waals surface area contributed by atoms with Crippen LogP contribution in [-0.4, -0.2) is 24.9 Å². The van der Waals surface area contributed by atoms with Crippen molar-refractivity contribution in [3.63, 3.8) is 0 Å². The fourth-order valence-electron chi connectivity index (χ4n) is 1.67. The summed E-state index contributed by atoms with van der Waals surface area (Å²) < 4.78 is 40.5. The summed E-state index contributed by atoms with van der Waals surface area (Å²) in [5, 5.41) is 0. The number of rotatable bonds is 4. The van der Waals surface area contributed by atoms with Crippen molar-refractivity contribution in [2.24, 2.45) is 5.73 Å². The maximum absolute atomic E-state index is 11.8. The lowest BCUT2D eigenvalue weighted by atomic mass is 10.2. The van der Waals surface area contributed by atoms with E-state index in [4.69, 9.17) is 10.5 Å². The summed E-state index contributed by atoms with van der Waals surface area (Å²) in [5.74, 6) is 0. The third kappa shape index (κ3) is 4.28. The summed E-state index contributed by atoms with van der Waals surface area (Å²) in [6.45, 7) is 0.165. The van der Waals surface area contributed by atoms with E-state index >= 15 is 0 Å². The molecule has 1 rings (SSSR count). The minimum Gasteiger partial charge on any atom is -0.377 e. The molecule has 2 nitrogen and oxygen atoms in total. The molecule has 1 aliphatic carbocycles. The molecule has 14 heavy (non-hydrogen) atoms. The number of nitrogens with two attached hydrogens (primary N) is 1. The van der Waals surface area contributed by atoms with Gasteiger partial charge < -0.3 is 10.5 Å². The second-order valence-electron chi connectivity index (χ2n) is 3.72. The molecular weight excluding hydrogens is 195 g/mol. The monoisotopic (exact) mass is 211 g/mol. The van der Waals surface area contributed by atoms with E-state index in [9.17, 15) is 13.2 Å². The van der Waals surface area contributed by atoms with Gasteiger partial charge in [0.05, 0.1) is 6.10 Å². The first-order valence-corrected chi connectivity index (χ1v) is 4.93. The molecule has 0 saturated heterocycles. The van der Waals surface area contributed by atoms with Crippen LogP contribution in [0.3, 0.4) is 0 Å². The predicted molar refractivity (Wildman–Crippen MR) is 46.9 cm³/mol. The molecule has 0 spiro atoms. The minimum atomic E-state index is -4.07. The minimum absolute atomic E-state index is 0.0147. The van der Waals surface area contributed by atoms with Crippen LogP contribution in [0.4, 0.5) is 13.2 Å². The van der Waals surface area contributed by atoms with Gasteiger partial charge in [-0.3, -0.25) is 0 Å². The fourth-order valence-corrected chi connectivity index (χ4v) is 1.67. The van der Waals surface area contributed by atoms with Gasteiger partial charge in [0.25, 0.3) is 0 Å². The van der Waals surface area contributed by atoms with E-state index < -0.39 is 12.6 Å². The first-order chi connectivity index (χ1) is 6.49. The van der Waals surface area contributed by atoms with Crippen LogP contribution in [0.25, 0.3) is 0 Å². The highest BCUT2D eigenvalue weighted by Crippen LogP contribution is 2.23. The van der Waals surface area contributed by atoms with Crippen molar-refractivity contribution in [2.45, 2.75) is 50.4 Å². The van der Waals surface area contributed by atoms with Gasteiger partial charge in [0.15, 0.2) is 0 Å². The SMILES string of the molecule is NC1CCCC1OCCCC(F)(F)F. The molecule has 2 atom stereocenters. The maximum Gasteiger partial charge on any atom is 0.389 e. The van der Waals surface area contributed by atoms with Crippen molar-refractivity contribution < 1.29 is 17.9 Å². The molecule has 1 fully saturated rings. The molecule has 0 aromatic heterocycles. The van der Waals surface area contributed by atoms with Gasteiger partial charge in [0.1, 0.15) is 0 Å². The van der Waals surface area contributed by atoms with Gasteiger partial charge in [-0.2, -0.15) is 13.2 Å². The zero-order valence-corrected chi connectivity index (χ0v) is 8.02. The fraction of sp³-hybridized carbons (Fsp3) is 1.00. The molecule has 1 aliphatic rings. The van der Waals surface area contributed by atoms with Crippen LogP contribution in [0.5, 0.6) is 0 Å². The Morgan fingerprint density at radius 1 is 1.29 bits per heavy atom. The lowest BCUT2D eigenvalue weighted by Crippen LogP contribution is -2.31. The molecule has 0 aromatic rings. The molecule has 0 aliphatic heterocycles. The Balaban J connectivity index is 2.04. The van der Waals surface area contributed by atoms with Gasteiger partial charge in [0.2, 0.25) is 0 Å². The second kappa shape index (κ2) is 4.98. The topological polar surface area (TPSA) is 35.2 Å². The Labute approximate surface area is 81.6 Å². The third-order valence-electron chi connectivity index (χ3n) is 2.44. The Morgan fingerprint density at radius 3 is 2.50 bits per heavy atom. The van der Waals surface area contributed by atoms with Gasteiger partial charge >= 0.3 is 6.18 Å². The van der Waals surface area contributed by atoms with Crippen molar-refractivity contribution in [1.29, 1.82) is 0 Å². The van der Waals surface area contributed by atoms with E-state index in [0.717, 1.165) is 19.3 Å². The molecule has 84 valence electrons. The number of hydrogen-bond donors (Lipinski definition) is 1. The Hall–Kier alpha value is -0.290. The summed E-state index contributed by atoms with van der Waals surface area (Å²) >= 11 is 0. The quantitative estimate of drug-likeness (QED) is 0.724. The standard InChI is InChI=1S/C9H16F3NO/c10-9(11,12)5-2-6-14-8-4-1-3-7(8)13/h7-8H,1-6,13H2. The number of hydrogen-bond acceptors (Lipinski definition) is 2. The van der Waals surface area contributed by atoms with Gasteiger partial charge in [-0.05, 0) is 25.7 Å². The van der Waals surface area contributed by atoms with Gasteiger partial charge in [-0.15, -0.1) is 0 Å². The molecule has 0 radical (unpaired) electrons. The zero-order chi connectivity index (χ0) is 10.6. The second-order valence-corrected chi connectivity index (χ2v) is 3.72. The summed E-state index contributed by atoms with van der Waals surface area (Å²) in [6, 6.07) is 0.0147. The van der Waals surface area contributed by atoms with Crippen LogP contribution in [-0.2, 0) is 4.74 Å². The Morgan fingerprint density at radius 2 is 2.00 bits per heavy atom. The van der Waals surface area contributed by atoms with Crippen molar-refractivity contribution in [3.8, 4) is 0 Å². The highest BCUT2D eigenvalue weighted by atomic mass is 19.4. The molecular formula is C9H16F3NO. The van der Waals surface area contributed by atoms with E-state index in [0.29, 0.717) is 0 Å². The normalized spacial score (nSPS) is 28.3. The summed E-state index contributed by atoms with van der Waals surface area (Å²) in [5.41, 5.74) is 5.70. The lowest BCUT2D eigenvalue weighted by Gasteiger charge is -2.16. The van der Waals surface area contributed by atoms with E-state index in [1.165, 1.54) is 0 Å². The Bertz CT molecular complexity index is 172. The Kier molecular flexibility index (Phi) is 4.19. The smallest absolute Gasteiger partial charge is 0.377 e. The molecule has 0 bridgehead atoms. The summed E-state index contributed by atoms with van der Waals surface area (Å²) in [7, 11) is 0. The van der Waals surface area contributed by atoms with Crippen LogP contribution < -0.4 is 5.73 Å². The molecule has 2 N–H and O–H groups in total. The van der Waals surface area contributed by atoms with Gasteiger partial charge in [0, 0.05) is 19.1 Å². The zero-order valence-electron chi connectivity index (χ0n) is 8.02. The van der Waals surface area contributed by atoms with Crippen molar-refractivity contribution in [2.75, 3.05) is 6.61 Å². The summed E-state index contributed by atoms with van der Waals surface area (Å²) in [4.78, 5) is 0. The van der Waals surface area contributed by atoms with Crippen LogP contribution in [0.15, 0.2) is 0 Å². The molecule has 1 saturated carbocycles. The van der Waals surface area contributed by atoms with Crippen LogP contribution in [0.1, 0.15) is 32.1 Å². The predicted octanol–water partition coefficient (Wildman–Crippen LogP) is 2.23. The van der Waals surface area contributed by atoms with E-state index in [1.807, 2.05) is 0 Å². The first kappa shape index (κ1) is 11.8. The van der Waals surface area contributed by atoms with Crippen LogP contribution in [0.2, 0.25) is 0 Å². The molecule has 5 heteroatoms. The van der Waals surface area contributed by atoms with Crippen molar-refractivity contribution in [1.82, 2.24) is 0 Å².